The molecule has 0 aliphatic heterocycles. The number of halogens is 3. The molecule has 0 saturated heterocycles. The second-order valence-electron chi connectivity index (χ2n) is 7.98. The van der Waals surface area contributed by atoms with Gasteiger partial charge in [0.1, 0.15) is 18.8 Å². The van der Waals surface area contributed by atoms with Crippen molar-refractivity contribution < 1.29 is 14.3 Å². The number of amides is 2. The number of alkyl halides is 3. The van der Waals surface area contributed by atoms with Crippen molar-refractivity contribution in [2.24, 2.45) is 5.92 Å². The van der Waals surface area contributed by atoms with Gasteiger partial charge in [-0.05, 0) is 54.7 Å². The fourth-order valence-electron chi connectivity index (χ4n) is 3.32. The van der Waals surface area contributed by atoms with Gasteiger partial charge in [-0.2, -0.15) is 0 Å². The number of nitrogens with one attached hydrogen (secondary N) is 2. The number of ether oxygens (including phenoxy) is 1. The summed E-state index contributed by atoms with van der Waals surface area (Å²) >= 11 is 16.9. The molecule has 1 fully saturated rings. The fraction of sp³-hybridized carbons (Fsp3) is 0.250. The molecule has 1 heterocycles. The van der Waals surface area contributed by atoms with E-state index in [0.717, 1.165) is 35.1 Å². The van der Waals surface area contributed by atoms with E-state index in [2.05, 4.69) is 20.6 Å². The predicted molar refractivity (Wildman–Crippen MR) is 134 cm³/mol. The minimum absolute atomic E-state index is 0.00861. The number of hydrogen-bond acceptors (Lipinski definition) is 5. The van der Waals surface area contributed by atoms with Crippen molar-refractivity contribution in [1.82, 2.24) is 9.97 Å². The molecule has 7 nitrogen and oxygen atoms in total. The molecule has 2 amide bonds. The Morgan fingerprint density at radius 2 is 1.79 bits per heavy atom. The summed E-state index contributed by atoms with van der Waals surface area (Å²) in [7, 11) is 0. The van der Waals surface area contributed by atoms with Gasteiger partial charge in [0.25, 0.3) is 0 Å². The normalized spacial score (nSPS) is 13.3. The Morgan fingerprint density at radius 1 is 1.03 bits per heavy atom. The van der Waals surface area contributed by atoms with Crippen molar-refractivity contribution in [2.45, 2.75) is 23.6 Å². The van der Waals surface area contributed by atoms with Crippen LogP contribution in [0.5, 0.6) is 0 Å². The summed E-state index contributed by atoms with van der Waals surface area (Å²) in [5.74, 6) is 0.555. The molecule has 0 unspecified atom stereocenters. The summed E-state index contributed by atoms with van der Waals surface area (Å²) in [6.45, 7) is 1.61. The van der Waals surface area contributed by atoms with E-state index in [4.69, 9.17) is 39.5 Å². The predicted octanol–water partition coefficient (Wildman–Crippen LogP) is 6.39. The molecule has 1 aliphatic rings. The van der Waals surface area contributed by atoms with Crippen LogP contribution in [0, 0.1) is 12.8 Å². The number of benzene rings is 2. The molecule has 1 saturated carbocycles. The van der Waals surface area contributed by atoms with Gasteiger partial charge in [-0.25, -0.2) is 14.8 Å². The van der Waals surface area contributed by atoms with Crippen LogP contribution in [0.1, 0.15) is 18.4 Å². The molecule has 0 radical (unpaired) electrons. The minimum Gasteiger partial charge on any atom is -0.445 e. The van der Waals surface area contributed by atoms with E-state index in [-0.39, 0.29) is 18.4 Å². The summed E-state index contributed by atoms with van der Waals surface area (Å²) in [5, 5.41) is 5.49. The molecule has 0 bridgehead atoms. The van der Waals surface area contributed by atoms with Crippen LogP contribution in [0.15, 0.2) is 54.9 Å². The molecule has 4 rings (SSSR count). The van der Waals surface area contributed by atoms with Crippen molar-refractivity contribution >= 4 is 58.3 Å². The first-order chi connectivity index (χ1) is 16.2. The largest absolute Gasteiger partial charge is 0.445 e. The van der Waals surface area contributed by atoms with Crippen LogP contribution in [0.2, 0.25) is 0 Å². The Hall–Kier alpha value is -2.87. The van der Waals surface area contributed by atoms with Crippen LogP contribution in [0.3, 0.4) is 0 Å². The number of anilines is 2. The molecule has 3 aromatic rings. The van der Waals surface area contributed by atoms with Crippen molar-refractivity contribution in [3.63, 3.8) is 0 Å². The van der Waals surface area contributed by atoms with Crippen molar-refractivity contribution in [3.8, 4) is 22.4 Å². The molecule has 0 spiro atoms. The van der Waals surface area contributed by atoms with Crippen LogP contribution >= 0.6 is 34.8 Å². The summed E-state index contributed by atoms with van der Waals surface area (Å²) in [6, 6.07) is 15.1. The number of rotatable bonds is 6. The average molecular weight is 520 g/mol. The highest BCUT2D eigenvalue weighted by Crippen LogP contribution is 2.32. The smallest absolute Gasteiger partial charge is 0.411 e. The molecule has 1 aliphatic carbocycles. The lowest BCUT2D eigenvalue weighted by molar-refractivity contribution is -0.117. The third-order valence-corrected chi connectivity index (χ3v) is 5.51. The van der Waals surface area contributed by atoms with E-state index >= 15 is 0 Å². The van der Waals surface area contributed by atoms with Gasteiger partial charge in [0, 0.05) is 23.2 Å². The number of aromatic nitrogens is 2. The topological polar surface area (TPSA) is 93.2 Å². The summed E-state index contributed by atoms with van der Waals surface area (Å²) in [6.07, 6.45) is 2.55. The molecule has 176 valence electrons. The van der Waals surface area contributed by atoms with Crippen LogP contribution in [0.25, 0.3) is 22.4 Å². The Bertz CT molecular complexity index is 1230. The van der Waals surface area contributed by atoms with Gasteiger partial charge in [0.2, 0.25) is 9.70 Å². The molecule has 2 aromatic carbocycles. The number of carbonyl (C=O) groups excluding carboxylic acids is 2. The van der Waals surface area contributed by atoms with Gasteiger partial charge in [0.15, 0.2) is 0 Å². The van der Waals surface area contributed by atoms with Crippen LogP contribution < -0.4 is 10.6 Å². The van der Waals surface area contributed by atoms with Gasteiger partial charge >= 0.3 is 6.09 Å². The van der Waals surface area contributed by atoms with Crippen molar-refractivity contribution in [3.05, 3.63) is 60.4 Å². The second-order valence-corrected chi connectivity index (χ2v) is 10.5. The average Bonchev–Trinajstić information content (AvgIpc) is 3.65. The molecule has 10 heteroatoms. The maximum absolute atomic E-state index is 12.1. The third kappa shape index (κ3) is 6.59. The Kier molecular flexibility index (Phi) is 7.26. The van der Waals surface area contributed by atoms with E-state index in [1.165, 1.54) is 6.33 Å². The van der Waals surface area contributed by atoms with Crippen molar-refractivity contribution in [2.75, 3.05) is 17.2 Å². The molecule has 2 N–H and O–H groups in total. The zero-order chi connectivity index (χ0) is 24.3. The van der Waals surface area contributed by atoms with Crippen LogP contribution in [0.4, 0.5) is 16.3 Å². The van der Waals surface area contributed by atoms with Gasteiger partial charge in [-0.3, -0.25) is 10.1 Å². The standard InChI is InChI=1S/C24H21Cl3N4O3/c1-14-5-8-18(30-23(33)34-12-24(25,26)27)10-19(14)16-3-2-4-17(9-16)20-11-21(29-13-28-20)31-22(32)15-6-7-15/h2-5,8-11,13,15H,6-7,12H2,1H3,(H,30,33)(H,28,29,31,32). The second kappa shape index (κ2) is 10.2. The first kappa shape index (κ1) is 24.3. The van der Waals surface area contributed by atoms with E-state index in [0.29, 0.717) is 17.2 Å². The monoisotopic (exact) mass is 518 g/mol. The SMILES string of the molecule is Cc1ccc(NC(=O)OCC(Cl)(Cl)Cl)cc1-c1cccc(-c2cc(NC(=O)C3CC3)ncn2)c1. The van der Waals surface area contributed by atoms with Gasteiger partial charge in [-0.15, -0.1) is 0 Å². The van der Waals surface area contributed by atoms with E-state index in [1.54, 1.807) is 12.1 Å². The highest BCUT2D eigenvalue weighted by Gasteiger charge is 2.29. The lowest BCUT2D eigenvalue weighted by Gasteiger charge is -2.14. The molecule has 1 aromatic heterocycles. The first-order valence-electron chi connectivity index (χ1n) is 10.5. The fourth-order valence-corrected chi connectivity index (χ4v) is 3.48. The lowest BCUT2D eigenvalue weighted by atomic mass is 9.97. The maximum atomic E-state index is 12.1. The minimum atomic E-state index is -1.68. The van der Waals surface area contributed by atoms with E-state index in [1.807, 2.05) is 43.3 Å². The zero-order valence-electron chi connectivity index (χ0n) is 18.1. The lowest BCUT2D eigenvalue weighted by Crippen LogP contribution is -2.21. The molecule has 0 atom stereocenters. The van der Waals surface area contributed by atoms with Gasteiger partial charge < -0.3 is 10.1 Å². The van der Waals surface area contributed by atoms with E-state index < -0.39 is 9.89 Å². The quantitative estimate of drug-likeness (QED) is 0.368. The third-order valence-electron chi connectivity index (χ3n) is 5.19. The summed E-state index contributed by atoms with van der Waals surface area (Å²) in [4.78, 5) is 32.6. The van der Waals surface area contributed by atoms with Crippen molar-refractivity contribution in [1.29, 1.82) is 0 Å². The number of carbonyl (C=O) groups is 2. The molecule has 34 heavy (non-hydrogen) atoms. The number of aryl methyl sites for hydroxylation is 1. The Labute approximate surface area is 211 Å². The summed E-state index contributed by atoms with van der Waals surface area (Å²) in [5.41, 5.74) is 4.93. The molecular formula is C24H21Cl3N4O3. The maximum Gasteiger partial charge on any atom is 0.411 e. The highest BCUT2D eigenvalue weighted by molar-refractivity contribution is 6.67. The summed E-state index contributed by atoms with van der Waals surface area (Å²) < 4.78 is 3.25. The molecular weight excluding hydrogens is 499 g/mol. The van der Waals surface area contributed by atoms with E-state index in [9.17, 15) is 9.59 Å². The van der Waals surface area contributed by atoms with Gasteiger partial charge in [0.05, 0.1) is 5.69 Å². The Morgan fingerprint density at radius 3 is 2.53 bits per heavy atom. The van der Waals surface area contributed by atoms with Gasteiger partial charge in [-0.1, -0.05) is 59.1 Å². The Balaban J connectivity index is 1.54. The number of nitrogens with zero attached hydrogens (tertiary/aromatic N) is 2. The zero-order valence-corrected chi connectivity index (χ0v) is 20.4. The van der Waals surface area contributed by atoms with Crippen LogP contribution in [-0.4, -0.2) is 32.4 Å². The first-order valence-corrected chi connectivity index (χ1v) is 11.7. The number of hydrogen-bond donors (Lipinski definition) is 2. The highest BCUT2D eigenvalue weighted by atomic mass is 35.6. The van der Waals surface area contributed by atoms with Crippen LogP contribution in [-0.2, 0) is 9.53 Å².